The van der Waals surface area contributed by atoms with E-state index in [1.165, 1.54) is 0 Å². The van der Waals surface area contributed by atoms with E-state index < -0.39 is 0 Å². The van der Waals surface area contributed by atoms with Gasteiger partial charge in [-0.15, -0.1) is 0 Å². The van der Waals surface area contributed by atoms with Gasteiger partial charge in [-0.1, -0.05) is 44.0 Å². The Morgan fingerprint density at radius 2 is 1.79 bits per heavy atom. The topological polar surface area (TPSA) is 17.1 Å². The highest BCUT2D eigenvalue weighted by Gasteiger charge is 2.03. The molecule has 0 aliphatic heterocycles. The minimum Gasteiger partial charge on any atom is -0.298 e. The summed E-state index contributed by atoms with van der Waals surface area (Å²) in [5.74, 6) is 0. The summed E-state index contributed by atoms with van der Waals surface area (Å²) < 4.78 is 1.94. The zero-order valence-corrected chi connectivity index (χ0v) is 10.3. The smallest absolute Gasteiger partial charge is 0.150 e. The lowest BCUT2D eigenvalue weighted by molar-refractivity contribution is 0.112. The molecule has 0 unspecified atom stereocenters. The van der Waals surface area contributed by atoms with Crippen LogP contribution >= 0.6 is 31.9 Å². The summed E-state index contributed by atoms with van der Waals surface area (Å²) in [4.78, 5) is 10.7. The molecule has 0 saturated carbocycles. The molecule has 0 spiro atoms. The Morgan fingerprint density at radius 3 is 2.50 bits per heavy atom. The Labute approximate surface area is 98.4 Å². The fourth-order valence-electron chi connectivity index (χ4n) is 1.39. The number of carbonyl (C=O) groups excluding carboxylic acids is 1. The maximum Gasteiger partial charge on any atom is 0.150 e. The van der Waals surface area contributed by atoms with Crippen LogP contribution in [0.15, 0.2) is 39.3 Å². The van der Waals surface area contributed by atoms with Crippen molar-refractivity contribution in [3.63, 3.8) is 0 Å². The first-order chi connectivity index (χ1) is 6.72. The number of hydrogen-bond acceptors (Lipinski definition) is 1. The molecule has 0 aromatic heterocycles. The number of fused-ring (bicyclic) bond motifs is 1. The second-order valence-electron chi connectivity index (χ2n) is 2.96. The number of carbonyl (C=O) groups is 1. The molecule has 0 atom stereocenters. The van der Waals surface area contributed by atoms with Crippen molar-refractivity contribution < 1.29 is 4.79 Å². The van der Waals surface area contributed by atoms with E-state index in [2.05, 4.69) is 31.9 Å². The van der Waals surface area contributed by atoms with Crippen LogP contribution in [0.25, 0.3) is 10.8 Å². The molecule has 3 heteroatoms. The van der Waals surface area contributed by atoms with Gasteiger partial charge in [-0.3, -0.25) is 4.79 Å². The Morgan fingerprint density at radius 1 is 1.00 bits per heavy atom. The second-order valence-corrected chi connectivity index (χ2v) is 4.66. The quantitative estimate of drug-likeness (QED) is 0.722. The molecule has 1 nitrogen and oxygen atoms in total. The first kappa shape index (κ1) is 9.87. The van der Waals surface area contributed by atoms with Crippen molar-refractivity contribution in [2.75, 3.05) is 0 Å². The Kier molecular flexibility index (Phi) is 2.70. The Bertz CT molecular complexity index is 506. The number of benzene rings is 2. The summed E-state index contributed by atoms with van der Waals surface area (Å²) in [6, 6.07) is 9.64. The average Bonchev–Trinajstić information content (AvgIpc) is 2.19. The van der Waals surface area contributed by atoms with Crippen molar-refractivity contribution in [2.45, 2.75) is 0 Å². The van der Waals surface area contributed by atoms with Crippen LogP contribution in [0.2, 0.25) is 0 Å². The SMILES string of the molecule is O=Cc1cc(Br)c2cccc(Br)c2c1. The van der Waals surface area contributed by atoms with E-state index in [1.807, 2.05) is 30.3 Å². The minimum atomic E-state index is 0.677. The van der Waals surface area contributed by atoms with E-state index in [0.29, 0.717) is 5.56 Å². The molecular weight excluding hydrogens is 308 g/mol. The molecule has 0 fully saturated rings. The Balaban J connectivity index is 2.90. The van der Waals surface area contributed by atoms with E-state index in [1.54, 1.807) is 0 Å². The minimum absolute atomic E-state index is 0.677. The van der Waals surface area contributed by atoms with E-state index in [9.17, 15) is 4.79 Å². The van der Waals surface area contributed by atoms with Crippen molar-refractivity contribution in [1.29, 1.82) is 0 Å². The third-order valence-corrected chi connectivity index (χ3v) is 3.40. The predicted octanol–water partition coefficient (Wildman–Crippen LogP) is 4.18. The van der Waals surface area contributed by atoms with Crippen molar-refractivity contribution >= 4 is 48.9 Å². The van der Waals surface area contributed by atoms with Crippen LogP contribution in [0, 0.1) is 0 Å². The van der Waals surface area contributed by atoms with E-state index >= 15 is 0 Å². The van der Waals surface area contributed by atoms with Gasteiger partial charge in [0.15, 0.2) is 0 Å². The van der Waals surface area contributed by atoms with Crippen molar-refractivity contribution in [3.8, 4) is 0 Å². The zero-order valence-electron chi connectivity index (χ0n) is 7.13. The van der Waals surface area contributed by atoms with Crippen LogP contribution in [0.5, 0.6) is 0 Å². The zero-order chi connectivity index (χ0) is 10.1. The standard InChI is InChI=1S/C11H6Br2O/c12-10-3-1-2-8-9(10)4-7(6-14)5-11(8)13/h1-6H. The van der Waals surface area contributed by atoms with Gasteiger partial charge in [-0.2, -0.15) is 0 Å². The number of rotatable bonds is 1. The summed E-state index contributed by atoms with van der Waals surface area (Å²) in [7, 11) is 0. The Hall–Kier alpha value is -0.670. The van der Waals surface area contributed by atoms with Gasteiger partial charge in [0.2, 0.25) is 0 Å². The normalized spacial score (nSPS) is 10.4. The van der Waals surface area contributed by atoms with Gasteiger partial charge in [-0.25, -0.2) is 0 Å². The number of aldehydes is 1. The summed E-state index contributed by atoms with van der Waals surface area (Å²) in [5, 5.41) is 2.15. The summed E-state index contributed by atoms with van der Waals surface area (Å²) in [5.41, 5.74) is 0.677. The molecule has 0 heterocycles. The van der Waals surface area contributed by atoms with Crippen molar-refractivity contribution in [1.82, 2.24) is 0 Å². The predicted molar refractivity (Wildman–Crippen MR) is 64.7 cm³/mol. The van der Waals surface area contributed by atoms with Gasteiger partial charge in [0.05, 0.1) is 0 Å². The number of halogens is 2. The molecule has 2 aromatic carbocycles. The van der Waals surface area contributed by atoms with E-state index in [4.69, 9.17) is 0 Å². The molecular formula is C11H6Br2O. The third-order valence-electron chi connectivity index (χ3n) is 2.05. The highest BCUT2D eigenvalue weighted by atomic mass is 79.9. The fraction of sp³-hybridized carbons (Fsp3) is 0. The molecule has 0 amide bonds. The lowest BCUT2D eigenvalue weighted by atomic mass is 10.1. The van der Waals surface area contributed by atoms with Crippen LogP contribution in [-0.2, 0) is 0 Å². The molecule has 14 heavy (non-hydrogen) atoms. The first-order valence-corrected chi connectivity index (χ1v) is 5.64. The molecule has 0 aliphatic carbocycles. The van der Waals surface area contributed by atoms with Gasteiger partial charge >= 0.3 is 0 Å². The third kappa shape index (κ3) is 1.62. The van der Waals surface area contributed by atoms with E-state index in [-0.39, 0.29) is 0 Å². The molecule has 0 saturated heterocycles. The summed E-state index contributed by atoms with van der Waals surface area (Å²) in [6.07, 6.45) is 0.851. The highest BCUT2D eigenvalue weighted by Crippen LogP contribution is 2.30. The fourth-order valence-corrected chi connectivity index (χ4v) is 2.48. The van der Waals surface area contributed by atoms with Gasteiger partial charge < -0.3 is 0 Å². The molecule has 0 N–H and O–H groups in total. The first-order valence-electron chi connectivity index (χ1n) is 4.05. The van der Waals surface area contributed by atoms with Crippen LogP contribution in [0.4, 0.5) is 0 Å². The molecule has 0 radical (unpaired) electrons. The van der Waals surface area contributed by atoms with Crippen LogP contribution in [-0.4, -0.2) is 6.29 Å². The maximum atomic E-state index is 10.7. The van der Waals surface area contributed by atoms with Crippen molar-refractivity contribution in [2.24, 2.45) is 0 Å². The van der Waals surface area contributed by atoms with Crippen LogP contribution in [0.3, 0.4) is 0 Å². The summed E-state index contributed by atoms with van der Waals surface area (Å²) >= 11 is 6.90. The molecule has 2 rings (SSSR count). The largest absolute Gasteiger partial charge is 0.298 e. The number of hydrogen-bond donors (Lipinski definition) is 0. The lowest BCUT2D eigenvalue weighted by Gasteiger charge is -2.03. The molecule has 0 aliphatic rings. The van der Waals surface area contributed by atoms with E-state index in [0.717, 1.165) is 26.0 Å². The molecule has 70 valence electrons. The average molecular weight is 314 g/mol. The maximum absolute atomic E-state index is 10.7. The molecule has 0 bridgehead atoms. The van der Waals surface area contributed by atoms with Gasteiger partial charge in [-0.05, 0) is 29.0 Å². The summed E-state index contributed by atoms with van der Waals surface area (Å²) in [6.45, 7) is 0. The lowest BCUT2D eigenvalue weighted by Crippen LogP contribution is -1.83. The monoisotopic (exact) mass is 312 g/mol. The molecule has 2 aromatic rings. The van der Waals surface area contributed by atoms with Crippen molar-refractivity contribution in [3.05, 3.63) is 44.8 Å². The highest BCUT2D eigenvalue weighted by molar-refractivity contribution is 9.11. The van der Waals surface area contributed by atoms with Crippen LogP contribution in [0.1, 0.15) is 10.4 Å². The van der Waals surface area contributed by atoms with Gasteiger partial charge in [0.1, 0.15) is 6.29 Å². The van der Waals surface area contributed by atoms with Gasteiger partial charge in [0.25, 0.3) is 0 Å². The van der Waals surface area contributed by atoms with Crippen LogP contribution < -0.4 is 0 Å². The second kappa shape index (κ2) is 3.83. The van der Waals surface area contributed by atoms with Gasteiger partial charge in [0, 0.05) is 14.5 Å².